The summed E-state index contributed by atoms with van der Waals surface area (Å²) in [6.07, 6.45) is 3.36. The average molecular weight is 437 g/mol. The minimum absolute atomic E-state index is 0.0576. The molecule has 1 fully saturated rings. The van der Waals surface area contributed by atoms with Crippen molar-refractivity contribution in [3.63, 3.8) is 0 Å². The van der Waals surface area contributed by atoms with Crippen LogP contribution in [0.4, 0.5) is 0 Å². The Morgan fingerprint density at radius 3 is 2.03 bits per heavy atom. The molecule has 2 aliphatic heterocycles. The molecule has 0 unspecified atom stereocenters. The van der Waals surface area contributed by atoms with Gasteiger partial charge in [0, 0.05) is 37.3 Å². The van der Waals surface area contributed by atoms with Crippen molar-refractivity contribution in [3.8, 4) is 0 Å². The van der Waals surface area contributed by atoms with Crippen LogP contribution in [0.3, 0.4) is 0 Å². The zero-order valence-corrected chi connectivity index (χ0v) is 18.0. The number of rotatable bonds is 3. The first-order valence-electron chi connectivity index (χ1n) is 10.7. The van der Waals surface area contributed by atoms with E-state index in [0.717, 1.165) is 30.4 Å². The molecule has 0 spiro atoms. The Hall–Kier alpha value is -2.77. The van der Waals surface area contributed by atoms with Gasteiger partial charge in [-0.15, -0.1) is 0 Å². The Morgan fingerprint density at radius 2 is 1.32 bits per heavy atom. The smallest absolute Gasteiger partial charge is 0.249 e. The van der Waals surface area contributed by atoms with Crippen LogP contribution in [-0.4, -0.2) is 48.8 Å². The number of carbonyl (C=O) groups excluding carboxylic acids is 2. The number of sulfonamides is 1. The molecule has 1 aliphatic carbocycles. The highest BCUT2D eigenvalue weighted by Gasteiger charge is 2.44. The summed E-state index contributed by atoms with van der Waals surface area (Å²) in [5.74, 6) is -0.942. The maximum atomic E-state index is 13.8. The fourth-order valence-electron chi connectivity index (χ4n) is 4.79. The molecule has 0 radical (unpaired) electrons. The molecule has 31 heavy (non-hydrogen) atoms. The van der Waals surface area contributed by atoms with E-state index in [1.54, 1.807) is 24.3 Å². The maximum Gasteiger partial charge on any atom is 0.249 e. The van der Waals surface area contributed by atoms with Gasteiger partial charge in [0.15, 0.2) is 4.91 Å². The fourth-order valence-corrected chi connectivity index (χ4v) is 6.50. The standard InChI is InChI=1S/C24H24N2O4S/c27-22-19-10-4-5-11-20(19)23(28)24(21(22)25-13-6-1-7-14-25)31(29,30)26-15-12-17-8-2-3-9-18(17)16-26/h2-5,8-11H,1,6-7,12-16H2. The number of benzene rings is 2. The molecule has 0 bridgehead atoms. The first-order valence-corrected chi connectivity index (χ1v) is 12.2. The second-order valence-electron chi connectivity index (χ2n) is 8.29. The number of ketones is 2. The van der Waals surface area contributed by atoms with Crippen LogP contribution in [0.25, 0.3) is 0 Å². The SMILES string of the molecule is O=C1C(N2CCCCC2)=C(S(=O)(=O)N2CCc3ccccc3C2)C(=O)c2ccccc21. The molecule has 6 nitrogen and oxygen atoms in total. The van der Waals surface area contributed by atoms with Crippen LogP contribution in [0.5, 0.6) is 0 Å². The average Bonchev–Trinajstić information content (AvgIpc) is 2.81. The van der Waals surface area contributed by atoms with Crippen molar-refractivity contribution in [1.82, 2.24) is 9.21 Å². The number of Topliss-reactive ketones (excluding diaryl/α,β-unsaturated/α-hetero) is 2. The number of fused-ring (bicyclic) bond motifs is 2. The van der Waals surface area contributed by atoms with Crippen molar-refractivity contribution < 1.29 is 18.0 Å². The first kappa shape index (κ1) is 20.2. The fraction of sp³-hybridized carbons (Fsp3) is 0.333. The Kier molecular flexibility index (Phi) is 5.02. The third-order valence-electron chi connectivity index (χ3n) is 6.42. The van der Waals surface area contributed by atoms with E-state index in [4.69, 9.17) is 0 Å². The van der Waals surface area contributed by atoms with Gasteiger partial charge in [-0.2, -0.15) is 4.31 Å². The highest BCUT2D eigenvalue weighted by Crippen LogP contribution is 2.35. The second kappa shape index (κ2) is 7.73. The van der Waals surface area contributed by atoms with Crippen LogP contribution in [0.2, 0.25) is 0 Å². The zero-order valence-electron chi connectivity index (χ0n) is 17.2. The molecule has 0 atom stereocenters. The van der Waals surface area contributed by atoms with Gasteiger partial charge in [0.25, 0.3) is 0 Å². The van der Waals surface area contributed by atoms with Gasteiger partial charge < -0.3 is 4.90 Å². The predicted octanol–water partition coefficient (Wildman–Crippen LogP) is 3.15. The van der Waals surface area contributed by atoms with Crippen LogP contribution in [0.1, 0.15) is 51.1 Å². The Bertz CT molecular complexity index is 1210. The van der Waals surface area contributed by atoms with Crippen molar-refractivity contribution in [2.24, 2.45) is 0 Å². The molecule has 0 saturated carbocycles. The van der Waals surface area contributed by atoms with Gasteiger partial charge in [0.05, 0.1) is 0 Å². The summed E-state index contributed by atoms with van der Waals surface area (Å²) in [4.78, 5) is 28.4. The quantitative estimate of drug-likeness (QED) is 0.739. The molecule has 3 aliphatic rings. The molecule has 2 aromatic rings. The van der Waals surface area contributed by atoms with E-state index >= 15 is 0 Å². The summed E-state index contributed by atoms with van der Waals surface area (Å²) < 4.78 is 29.0. The molecule has 160 valence electrons. The second-order valence-corrected chi connectivity index (χ2v) is 10.2. The maximum absolute atomic E-state index is 13.8. The lowest BCUT2D eigenvalue weighted by atomic mass is 9.91. The Morgan fingerprint density at radius 1 is 0.710 bits per heavy atom. The van der Waals surface area contributed by atoms with Gasteiger partial charge in [-0.05, 0) is 36.8 Å². The number of piperidine rings is 1. The molecule has 5 rings (SSSR count). The van der Waals surface area contributed by atoms with Gasteiger partial charge in [-0.25, -0.2) is 8.42 Å². The number of likely N-dealkylation sites (tertiary alicyclic amines) is 1. The number of allylic oxidation sites excluding steroid dienone is 2. The van der Waals surface area contributed by atoms with Crippen LogP contribution in [0.15, 0.2) is 59.1 Å². The summed E-state index contributed by atoms with van der Waals surface area (Å²) in [6.45, 7) is 1.66. The van der Waals surface area contributed by atoms with Crippen molar-refractivity contribution in [2.75, 3.05) is 19.6 Å². The molecule has 1 saturated heterocycles. The van der Waals surface area contributed by atoms with E-state index in [2.05, 4.69) is 0 Å². The van der Waals surface area contributed by atoms with Gasteiger partial charge in [0.1, 0.15) is 5.70 Å². The van der Waals surface area contributed by atoms with Crippen molar-refractivity contribution in [2.45, 2.75) is 32.2 Å². The lowest BCUT2D eigenvalue weighted by Crippen LogP contribution is -2.44. The van der Waals surface area contributed by atoms with Crippen molar-refractivity contribution in [3.05, 3.63) is 81.4 Å². The van der Waals surface area contributed by atoms with Crippen LogP contribution < -0.4 is 0 Å². The van der Waals surface area contributed by atoms with Gasteiger partial charge in [0.2, 0.25) is 21.6 Å². The van der Waals surface area contributed by atoms with E-state index in [1.165, 1.54) is 4.31 Å². The first-order chi connectivity index (χ1) is 15.0. The summed E-state index contributed by atoms with van der Waals surface area (Å²) >= 11 is 0. The molecular formula is C24H24N2O4S. The summed E-state index contributed by atoms with van der Waals surface area (Å²) in [6, 6.07) is 14.3. The molecule has 0 aromatic heterocycles. The van der Waals surface area contributed by atoms with Crippen LogP contribution >= 0.6 is 0 Å². The molecule has 2 aromatic carbocycles. The van der Waals surface area contributed by atoms with E-state index < -0.39 is 15.8 Å². The number of carbonyl (C=O) groups is 2. The lowest BCUT2D eigenvalue weighted by molar-refractivity contribution is 0.0939. The monoisotopic (exact) mass is 436 g/mol. The van der Waals surface area contributed by atoms with Crippen molar-refractivity contribution in [1.29, 1.82) is 0 Å². The molecule has 2 heterocycles. The Balaban J connectivity index is 1.64. The molecule has 7 heteroatoms. The van der Waals surface area contributed by atoms with Gasteiger partial charge in [-0.1, -0.05) is 48.5 Å². The Labute approximate surface area is 182 Å². The zero-order chi connectivity index (χ0) is 21.6. The van der Waals surface area contributed by atoms with E-state index in [-0.39, 0.29) is 34.1 Å². The third kappa shape index (κ3) is 3.32. The summed E-state index contributed by atoms with van der Waals surface area (Å²) in [5, 5.41) is 0. The normalized spacial score (nSPS) is 19.9. The highest BCUT2D eigenvalue weighted by atomic mass is 32.2. The molecule has 0 amide bonds. The van der Waals surface area contributed by atoms with E-state index in [0.29, 0.717) is 26.1 Å². The van der Waals surface area contributed by atoms with E-state index in [9.17, 15) is 18.0 Å². The van der Waals surface area contributed by atoms with Gasteiger partial charge >= 0.3 is 0 Å². The predicted molar refractivity (Wildman–Crippen MR) is 117 cm³/mol. The minimum atomic E-state index is -4.15. The highest BCUT2D eigenvalue weighted by molar-refractivity contribution is 7.94. The van der Waals surface area contributed by atoms with Gasteiger partial charge in [-0.3, -0.25) is 9.59 Å². The summed E-state index contributed by atoms with van der Waals surface area (Å²) in [7, 11) is -4.15. The minimum Gasteiger partial charge on any atom is -0.367 e. The van der Waals surface area contributed by atoms with Crippen LogP contribution in [-0.2, 0) is 23.0 Å². The van der Waals surface area contributed by atoms with Crippen molar-refractivity contribution >= 4 is 21.6 Å². The van der Waals surface area contributed by atoms with E-state index in [1.807, 2.05) is 29.2 Å². The summed E-state index contributed by atoms with van der Waals surface area (Å²) in [5.41, 5.74) is 2.57. The topological polar surface area (TPSA) is 74.8 Å². The number of hydrogen-bond acceptors (Lipinski definition) is 5. The molecular weight excluding hydrogens is 412 g/mol. The van der Waals surface area contributed by atoms with Crippen LogP contribution in [0, 0.1) is 0 Å². The lowest BCUT2D eigenvalue weighted by Gasteiger charge is -2.35. The number of nitrogens with zero attached hydrogens (tertiary/aromatic N) is 2. The number of hydrogen-bond donors (Lipinski definition) is 0. The molecule has 0 N–H and O–H groups in total. The third-order valence-corrected chi connectivity index (χ3v) is 8.30. The largest absolute Gasteiger partial charge is 0.367 e.